The summed E-state index contributed by atoms with van der Waals surface area (Å²) in [7, 11) is 0. The molecule has 0 bridgehead atoms. The van der Waals surface area contributed by atoms with Crippen LogP contribution in [0.1, 0.15) is 21.6 Å². The highest BCUT2D eigenvalue weighted by Crippen LogP contribution is 2.38. The first kappa shape index (κ1) is 21.6. The van der Waals surface area contributed by atoms with Crippen molar-refractivity contribution in [3.63, 3.8) is 0 Å². The number of H-pyrrole nitrogens is 1. The second-order valence-electron chi connectivity index (χ2n) is 6.04. The molecular weight excluding hydrogens is 433 g/mol. The van der Waals surface area contributed by atoms with Crippen molar-refractivity contribution in [1.82, 2.24) is 10.2 Å². The number of hydrogen-bond donors (Lipinski definition) is 2. The lowest BCUT2D eigenvalue weighted by Crippen LogP contribution is -2.15. The highest BCUT2D eigenvalue weighted by atomic mass is 35.5. The van der Waals surface area contributed by atoms with E-state index in [9.17, 15) is 26.7 Å². The quantitative estimate of drug-likeness (QED) is 0.462. The van der Waals surface area contributed by atoms with Gasteiger partial charge in [-0.15, -0.1) is 0 Å². The highest BCUT2D eigenvalue weighted by Gasteiger charge is 2.31. The number of anilines is 1. The van der Waals surface area contributed by atoms with Crippen LogP contribution in [0, 0.1) is 0 Å². The van der Waals surface area contributed by atoms with Gasteiger partial charge in [0.15, 0.2) is 5.75 Å². The average molecular weight is 446 g/mol. The minimum Gasteiger partial charge on any atom is -0.454 e. The van der Waals surface area contributed by atoms with Gasteiger partial charge in [-0.05, 0) is 30.3 Å². The molecule has 0 aliphatic carbocycles. The second-order valence-corrected chi connectivity index (χ2v) is 6.44. The van der Waals surface area contributed by atoms with Crippen molar-refractivity contribution in [1.29, 1.82) is 0 Å². The van der Waals surface area contributed by atoms with Crippen LogP contribution in [0.25, 0.3) is 0 Å². The molecule has 5 nitrogen and oxygen atoms in total. The van der Waals surface area contributed by atoms with Crippen molar-refractivity contribution in [2.45, 2.75) is 19.0 Å². The van der Waals surface area contributed by atoms with Crippen LogP contribution in [0.2, 0.25) is 5.02 Å². The van der Waals surface area contributed by atoms with E-state index in [2.05, 4.69) is 15.5 Å². The zero-order valence-corrected chi connectivity index (χ0v) is 15.7. The van der Waals surface area contributed by atoms with E-state index in [4.69, 9.17) is 16.3 Å². The SMILES string of the molecule is O=C(Nc1ccccc1Oc1ccc(C(F)(F)F)cc1Cl)c1c[nH]nc1CC(F)F. The summed E-state index contributed by atoms with van der Waals surface area (Å²) < 4.78 is 69.2. The zero-order chi connectivity index (χ0) is 21.9. The average Bonchev–Trinajstić information content (AvgIpc) is 3.11. The Labute approximate surface area is 171 Å². The van der Waals surface area contributed by atoms with Crippen LogP contribution in [0.4, 0.5) is 27.6 Å². The lowest BCUT2D eigenvalue weighted by Gasteiger charge is -2.14. The number of aromatic amines is 1. The number of para-hydroxylation sites is 2. The molecule has 30 heavy (non-hydrogen) atoms. The smallest absolute Gasteiger partial charge is 0.416 e. The van der Waals surface area contributed by atoms with Crippen LogP contribution < -0.4 is 10.1 Å². The predicted molar refractivity (Wildman–Crippen MR) is 99.2 cm³/mol. The Bertz CT molecular complexity index is 1050. The molecule has 2 aromatic carbocycles. The summed E-state index contributed by atoms with van der Waals surface area (Å²) in [5, 5.41) is 8.24. The number of benzene rings is 2. The third-order valence-corrected chi connectivity index (χ3v) is 4.22. The predicted octanol–water partition coefficient (Wildman–Crippen LogP) is 5.93. The van der Waals surface area contributed by atoms with Crippen LogP contribution in [0.3, 0.4) is 0 Å². The first-order valence-electron chi connectivity index (χ1n) is 8.41. The maximum absolute atomic E-state index is 12.8. The van der Waals surface area contributed by atoms with Crippen LogP contribution in [-0.4, -0.2) is 22.5 Å². The molecule has 2 N–H and O–H groups in total. The molecule has 3 aromatic rings. The van der Waals surface area contributed by atoms with E-state index in [1.807, 2.05) is 0 Å². The number of ether oxygens (including phenoxy) is 1. The summed E-state index contributed by atoms with van der Waals surface area (Å²) in [4.78, 5) is 12.5. The van der Waals surface area contributed by atoms with Crippen molar-refractivity contribution >= 4 is 23.2 Å². The molecule has 0 saturated heterocycles. The maximum atomic E-state index is 12.8. The van der Waals surface area contributed by atoms with Crippen LogP contribution >= 0.6 is 11.6 Å². The van der Waals surface area contributed by atoms with Gasteiger partial charge in [-0.2, -0.15) is 18.3 Å². The van der Waals surface area contributed by atoms with E-state index >= 15 is 0 Å². The summed E-state index contributed by atoms with van der Waals surface area (Å²) in [5.74, 6) is -0.687. The Morgan fingerprint density at radius 2 is 1.90 bits per heavy atom. The summed E-state index contributed by atoms with van der Waals surface area (Å²) in [6.45, 7) is 0. The third kappa shape index (κ3) is 5.07. The molecule has 1 amide bonds. The lowest BCUT2D eigenvalue weighted by atomic mass is 10.2. The molecule has 158 valence electrons. The lowest BCUT2D eigenvalue weighted by molar-refractivity contribution is -0.137. The number of hydrogen-bond acceptors (Lipinski definition) is 3. The molecule has 1 aromatic heterocycles. The van der Waals surface area contributed by atoms with E-state index < -0.39 is 30.5 Å². The van der Waals surface area contributed by atoms with Gasteiger partial charge in [-0.1, -0.05) is 23.7 Å². The van der Waals surface area contributed by atoms with E-state index in [0.29, 0.717) is 0 Å². The fourth-order valence-corrected chi connectivity index (χ4v) is 2.76. The van der Waals surface area contributed by atoms with Gasteiger partial charge in [-0.25, -0.2) is 8.78 Å². The second kappa shape index (κ2) is 8.70. The van der Waals surface area contributed by atoms with Crippen LogP contribution in [0.15, 0.2) is 48.7 Å². The molecule has 0 unspecified atom stereocenters. The number of amides is 1. The first-order valence-corrected chi connectivity index (χ1v) is 8.78. The van der Waals surface area contributed by atoms with Gasteiger partial charge in [-0.3, -0.25) is 9.89 Å². The number of rotatable bonds is 6. The van der Waals surface area contributed by atoms with Crippen molar-refractivity contribution < 1.29 is 31.5 Å². The largest absolute Gasteiger partial charge is 0.454 e. The van der Waals surface area contributed by atoms with E-state index in [0.717, 1.165) is 18.2 Å². The molecule has 0 aliphatic rings. The minimum atomic E-state index is -4.56. The van der Waals surface area contributed by atoms with Crippen LogP contribution in [0.5, 0.6) is 11.5 Å². The fraction of sp³-hybridized carbons (Fsp3) is 0.158. The molecule has 1 heterocycles. The molecule has 0 fully saturated rings. The van der Waals surface area contributed by atoms with Gasteiger partial charge in [0.25, 0.3) is 5.91 Å². The Morgan fingerprint density at radius 1 is 1.17 bits per heavy atom. The minimum absolute atomic E-state index is 0.0620. The molecule has 0 spiro atoms. The number of carbonyl (C=O) groups is 1. The topological polar surface area (TPSA) is 67.0 Å². The standard InChI is InChI=1S/C19H13ClF5N3O2/c20-12-7-10(19(23,24)25)5-6-15(12)30-16-4-2-1-3-13(16)27-18(29)11-9-26-28-14(11)8-17(21)22/h1-7,9,17H,8H2,(H,26,28)(H,27,29). The number of aromatic nitrogens is 2. The fourth-order valence-electron chi connectivity index (χ4n) is 2.54. The summed E-state index contributed by atoms with van der Waals surface area (Å²) in [5.41, 5.74) is -0.958. The van der Waals surface area contributed by atoms with Gasteiger partial charge in [0, 0.05) is 6.20 Å². The highest BCUT2D eigenvalue weighted by molar-refractivity contribution is 6.32. The molecule has 0 radical (unpaired) electrons. The summed E-state index contributed by atoms with van der Waals surface area (Å²) in [6.07, 6.45) is -6.76. The molecule has 0 aliphatic heterocycles. The van der Waals surface area contributed by atoms with E-state index in [1.165, 1.54) is 18.3 Å². The van der Waals surface area contributed by atoms with E-state index in [1.54, 1.807) is 12.1 Å². The normalized spacial score (nSPS) is 11.6. The third-order valence-electron chi connectivity index (χ3n) is 3.93. The molecule has 3 rings (SSSR count). The number of nitrogens with zero attached hydrogens (tertiary/aromatic N) is 1. The summed E-state index contributed by atoms with van der Waals surface area (Å²) >= 11 is 5.90. The van der Waals surface area contributed by atoms with Gasteiger partial charge in [0.1, 0.15) is 5.75 Å². The first-order chi connectivity index (χ1) is 14.1. The number of halogens is 6. The van der Waals surface area contributed by atoms with Gasteiger partial charge >= 0.3 is 6.18 Å². The molecular formula is C19H13ClF5N3O2. The number of alkyl halides is 5. The van der Waals surface area contributed by atoms with E-state index in [-0.39, 0.29) is 33.5 Å². The number of nitrogens with one attached hydrogen (secondary N) is 2. The molecule has 0 saturated carbocycles. The van der Waals surface area contributed by atoms with Gasteiger partial charge < -0.3 is 10.1 Å². The maximum Gasteiger partial charge on any atom is 0.416 e. The molecule has 0 atom stereocenters. The molecule has 11 heteroatoms. The van der Waals surface area contributed by atoms with Crippen LogP contribution in [-0.2, 0) is 12.6 Å². The summed E-state index contributed by atoms with van der Waals surface area (Å²) in [6, 6.07) is 8.66. The van der Waals surface area contributed by atoms with Gasteiger partial charge in [0.05, 0.1) is 34.0 Å². The van der Waals surface area contributed by atoms with Gasteiger partial charge in [0.2, 0.25) is 6.43 Å². The Morgan fingerprint density at radius 3 is 2.57 bits per heavy atom. The Kier molecular flexibility index (Phi) is 6.25. The van der Waals surface area contributed by atoms with Crippen molar-refractivity contribution in [2.75, 3.05) is 5.32 Å². The number of carbonyl (C=O) groups excluding carboxylic acids is 1. The Hall–Kier alpha value is -3.14. The zero-order valence-electron chi connectivity index (χ0n) is 14.9. The van der Waals surface area contributed by atoms with Crippen molar-refractivity contribution in [3.8, 4) is 11.5 Å². The monoisotopic (exact) mass is 445 g/mol. The van der Waals surface area contributed by atoms with Crippen molar-refractivity contribution in [3.05, 3.63) is 70.5 Å². The van der Waals surface area contributed by atoms with Crippen molar-refractivity contribution in [2.24, 2.45) is 0 Å². The Balaban J connectivity index is 1.82.